The van der Waals surface area contributed by atoms with Crippen molar-refractivity contribution in [2.75, 3.05) is 6.79 Å². The fourth-order valence-corrected chi connectivity index (χ4v) is 5.49. The molecular formula is C28H27NO4. The third kappa shape index (κ3) is 3.87. The van der Waals surface area contributed by atoms with Gasteiger partial charge in [0.2, 0.25) is 6.79 Å². The minimum Gasteiger partial charge on any atom is -0.454 e. The number of carbonyl (C=O) groups is 1. The quantitative estimate of drug-likeness (QED) is 0.540. The van der Waals surface area contributed by atoms with Crippen molar-refractivity contribution in [3.8, 4) is 11.5 Å². The van der Waals surface area contributed by atoms with E-state index in [4.69, 9.17) is 14.2 Å². The number of benzene rings is 3. The number of hydrogen-bond donors (Lipinski definition) is 0. The Morgan fingerprint density at radius 3 is 2.33 bits per heavy atom. The second-order valence-corrected chi connectivity index (χ2v) is 9.12. The molecule has 6 rings (SSSR count). The van der Waals surface area contributed by atoms with Crippen LogP contribution >= 0.6 is 0 Å². The summed E-state index contributed by atoms with van der Waals surface area (Å²) in [4.78, 5) is 15.7. The molecule has 0 N–H and O–H groups in total. The minimum absolute atomic E-state index is 0.0806. The molecule has 168 valence electrons. The molecule has 0 radical (unpaired) electrons. The van der Waals surface area contributed by atoms with Gasteiger partial charge in [-0.05, 0) is 48.1 Å². The normalized spacial score (nSPS) is 23.2. The highest BCUT2D eigenvalue weighted by molar-refractivity contribution is 5.98. The molecule has 1 saturated carbocycles. The maximum absolute atomic E-state index is 13.7. The smallest absolute Gasteiger partial charge is 0.254 e. The number of ether oxygens (including phenoxy) is 3. The molecule has 3 unspecified atom stereocenters. The lowest BCUT2D eigenvalue weighted by Gasteiger charge is -2.46. The van der Waals surface area contributed by atoms with Crippen LogP contribution < -0.4 is 9.47 Å². The topological polar surface area (TPSA) is 48.0 Å². The van der Waals surface area contributed by atoms with Gasteiger partial charge < -0.3 is 19.1 Å². The van der Waals surface area contributed by atoms with Gasteiger partial charge in [-0.2, -0.15) is 0 Å². The molecule has 3 aromatic carbocycles. The van der Waals surface area contributed by atoms with Crippen molar-refractivity contribution in [2.45, 2.75) is 50.5 Å². The highest BCUT2D eigenvalue weighted by Gasteiger charge is 2.44. The molecular weight excluding hydrogens is 414 g/mol. The fraction of sp³-hybridized carbons (Fsp3) is 0.321. The number of carbonyl (C=O) groups excluding carboxylic acids is 1. The summed E-state index contributed by atoms with van der Waals surface area (Å²) in [5.41, 5.74) is 4.15. The number of rotatable bonds is 5. The van der Waals surface area contributed by atoms with Crippen molar-refractivity contribution >= 4 is 5.91 Å². The Morgan fingerprint density at radius 1 is 0.879 bits per heavy atom. The molecule has 1 fully saturated rings. The first kappa shape index (κ1) is 20.3. The summed E-state index contributed by atoms with van der Waals surface area (Å²) in [6, 6.07) is 24.6. The second-order valence-electron chi connectivity index (χ2n) is 9.12. The Kier molecular flexibility index (Phi) is 5.27. The molecule has 0 aromatic heterocycles. The van der Waals surface area contributed by atoms with Gasteiger partial charge in [-0.3, -0.25) is 4.79 Å². The maximum atomic E-state index is 13.7. The highest BCUT2D eigenvalue weighted by Crippen LogP contribution is 2.47. The summed E-state index contributed by atoms with van der Waals surface area (Å²) >= 11 is 0. The first-order valence-corrected chi connectivity index (χ1v) is 11.7. The van der Waals surface area contributed by atoms with Crippen LogP contribution in [0.15, 0.2) is 72.8 Å². The van der Waals surface area contributed by atoms with E-state index in [1.54, 1.807) is 0 Å². The van der Waals surface area contributed by atoms with Gasteiger partial charge in [0.1, 0.15) is 0 Å². The van der Waals surface area contributed by atoms with Gasteiger partial charge in [-0.1, -0.05) is 60.7 Å². The molecule has 2 heterocycles. The van der Waals surface area contributed by atoms with E-state index in [-0.39, 0.29) is 30.8 Å². The van der Waals surface area contributed by atoms with E-state index < -0.39 is 0 Å². The third-order valence-corrected chi connectivity index (χ3v) is 7.13. The van der Waals surface area contributed by atoms with Crippen LogP contribution in [0, 0.1) is 0 Å². The molecule has 0 bridgehead atoms. The van der Waals surface area contributed by atoms with Gasteiger partial charge in [-0.15, -0.1) is 0 Å². The summed E-state index contributed by atoms with van der Waals surface area (Å²) in [6.45, 7) is 1.44. The summed E-state index contributed by atoms with van der Waals surface area (Å²) in [5.74, 6) is 1.69. The van der Waals surface area contributed by atoms with Crippen LogP contribution in [0.25, 0.3) is 0 Å². The van der Waals surface area contributed by atoms with E-state index in [1.807, 2.05) is 48.5 Å². The summed E-state index contributed by atoms with van der Waals surface area (Å²) in [7, 11) is 0. The van der Waals surface area contributed by atoms with E-state index >= 15 is 0 Å². The average molecular weight is 442 g/mol. The van der Waals surface area contributed by atoms with Crippen molar-refractivity contribution in [2.24, 2.45) is 0 Å². The van der Waals surface area contributed by atoms with Crippen molar-refractivity contribution < 1.29 is 19.0 Å². The Bertz CT molecular complexity index is 1150. The lowest BCUT2D eigenvalue weighted by Crippen LogP contribution is -2.50. The van der Waals surface area contributed by atoms with E-state index in [2.05, 4.69) is 29.2 Å². The van der Waals surface area contributed by atoms with Crippen LogP contribution in [0.4, 0.5) is 0 Å². The minimum atomic E-state index is 0.0806. The molecule has 33 heavy (non-hydrogen) atoms. The molecule has 0 spiro atoms. The van der Waals surface area contributed by atoms with Crippen molar-refractivity contribution in [3.05, 3.63) is 95.1 Å². The van der Waals surface area contributed by atoms with Crippen LogP contribution in [0.1, 0.15) is 52.2 Å². The molecule has 0 saturated heterocycles. The van der Waals surface area contributed by atoms with Crippen LogP contribution in [0.3, 0.4) is 0 Å². The van der Waals surface area contributed by atoms with Gasteiger partial charge in [0.05, 0.1) is 12.7 Å². The molecule has 3 aliphatic rings. The molecule has 5 heteroatoms. The largest absolute Gasteiger partial charge is 0.454 e. The predicted octanol–water partition coefficient (Wildman–Crippen LogP) is 5.29. The third-order valence-electron chi connectivity index (χ3n) is 7.13. The van der Waals surface area contributed by atoms with Crippen molar-refractivity contribution in [1.29, 1.82) is 0 Å². The van der Waals surface area contributed by atoms with Crippen LogP contribution in [-0.2, 0) is 17.9 Å². The number of hydrogen-bond acceptors (Lipinski definition) is 4. The van der Waals surface area contributed by atoms with E-state index in [0.29, 0.717) is 18.9 Å². The fourth-order valence-electron chi connectivity index (χ4n) is 5.49. The summed E-state index contributed by atoms with van der Waals surface area (Å²) < 4.78 is 17.6. The number of amides is 1. The van der Waals surface area contributed by atoms with Gasteiger partial charge in [0.25, 0.3) is 5.91 Å². The Balaban J connectivity index is 1.30. The molecule has 5 nitrogen and oxygen atoms in total. The second kappa shape index (κ2) is 8.56. The van der Waals surface area contributed by atoms with Gasteiger partial charge in [-0.25, -0.2) is 0 Å². The van der Waals surface area contributed by atoms with Gasteiger partial charge in [0.15, 0.2) is 11.5 Å². The maximum Gasteiger partial charge on any atom is 0.254 e. The highest BCUT2D eigenvalue weighted by atomic mass is 16.7. The predicted molar refractivity (Wildman–Crippen MR) is 124 cm³/mol. The van der Waals surface area contributed by atoms with Crippen molar-refractivity contribution in [1.82, 2.24) is 4.90 Å². The molecule has 1 aliphatic carbocycles. The zero-order chi connectivity index (χ0) is 22.2. The molecule has 1 amide bonds. The zero-order valence-corrected chi connectivity index (χ0v) is 18.5. The Labute approximate surface area is 193 Å². The molecule has 2 aliphatic heterocycles. The van der Waals surface area contributed by atoms with E-state index in [9.17, 15) is 4.79 Å². The van der Waals surface area contributed by atoms with Crippen molar-refractivity contribution in [3.63, 3.8) is 0 Å². The summed E-state index contributed by atoms with van der Waals surface area (Å²) in [5, 5.41) is 0. The molecule has 3 atom stereocenters. The first-order chi connectivity index (χ1) is 16.3. The van der Waals surface area contributed by atoms with E-state index in [1.165, 1.54) is 5.56 Å². The first-order valence-electron chi connectivity index (χ1n) is 11.7. The lowest BCUT2D eigenvalue weighted by atomic mass is 9.73. The van der Waals surface area contributed by atoms with Crippen LogP contribution in [0.5, 0.6) is 11.5 Å². The average Bonchev–Trinajstić information content (AvgIpc) is 3.33. The van der Waals surface area contributed by atoms with Gasteiger partial charge in [0, 0.05) is 24.1 Å². The SMILES string of the molecule is O=C1c2cc3c(cc2C2CC(OCc4ccccc4)CCC2N1Cc1ccccc1)OCO3. The number of nitrogens with zero attached hydrogens (tertiary/aromatic N) is 1. The van der Waals surface area contributed by atoms with Crippen LogP contribution in [-0.4, -0.2) is 29.7 Å². The lowest BCUT2D eigenvalue weighted by molar-refractivity contribution is -0.0134. The van der Waals surface area contributed by atoms with Gasteiger partial charge >= 0.3 is 0 Å². The Hall–Kier alpha value is -3.31. The molecule has 3 aromatic rings. The number of fused-ring (bicyclic) bond motifs is 4. The monoisotopic (exact) mass is 441 g/mol. The van der Waals surface area contributed by atoms with E-state index in [0.717, 1.165) is 41.7 Å². The zero-order valence-electron chi connectivity index (χ0n) is 18.5. The Morgan fingerprint density at radius 2 is 1.58 bits per heavy atom. The summed E-state index contributed by atoms with van der Waals surface area (Å²) in [6.07, 6.45) is 2.93. The standard InChI is InChI=1S/C28H27NO4/c30-28-24-15-27-26(32-18-33-27)14-22(24)23-13-21(31-17-20-9-5-2-6-10-20)11-12-25(23)29(28)16-19-7-3-1-4-8-19/h1-10,14-15,21,23,25H,11-13,16-18H2. The van der Waals surface area contributed by atoms with Crippen LogP contribution in [0.2, 0.25) is 0 Å².